The zero-order valence-electron chi connectivity index (χ0n) is 11.8. The molecule has 2 aromatic carbocycles. The van der Waals surface area contributed by atoms with E-state index >= 15 is 0 Å². The van der Waals surface area contributed by atoms with Crippen LogP contribution in [0.15, 0.2) is 36.4 Å². The van der Waals surface area contributed by atoms with Crippen LogP contribution in [0.2, 0.25) is 5.02 Å². The molecule has 0 radical (unpaired) electrons. The molecule has 1 N–H and O–H groups in total. The number of para-hydroxylation sites is 1. The number of anilines is 1. The van der Waals surface area contributed by atoms with E-state index in [9.17, 15) is 0 Å². The normalized spacial score (nSPS) is 9.81. The highest BCUT2D eigenvalue weighted by molar-refractivity contribution is 6.32. The summed E-state index contributed by atoms with van der Waals surface area (Å²) >= 11 is 6.10. The maximum Gasteiger partial charge on any atom is 0.143 e. The van der Waals surface area contributed by atoms with Crippen molar-refractivity contribution in [3.8, 4) is 17.6 Å². The maximum atomic E-state index is 9.16. The topological polar surface area (TPSA) is 54.3 Å². The van der Waals surface area contributed by atoms with Crippen molar-refractivity contribution >= 4 is 17.3 Å². The van der Waals surface area contributed by atoms with Gasteiger partial charge in [0.1, 0.15) is 17.6 Å². The Hall–Kier alpha value is -2.38. The summed E-state index contributed by atoms with van der Waals surface area (Å²) in [6, 6.07) is 13.0. The Morgan fingerprint density at radius 1 is 1.14 bits per heavy atom. The van der Waals surface area contributed by atoms with Gasteiger partial charge in [0, 0.05) is 6.54 Å². The highest BCUT2D eigenvalue weighted by atomic mass is 35.5. The maximum absolute atomic E-state index is 9.16. The lowest BCUT2D eigenvalue weighted by atomic mass is 10.1. The summed E-state index contributed by atoms with van der Waals surface area (Å²) in [5.74, 6) is 1.27. The number of methoxy groups -OCH3 is 2. The highest BCUT2D eigenvalue weighted by Gasteiger charge is 2.09. The molecule has 0 amide bonds. The minimum Gasteiger partial charge on any atom is -0.495 e. The van der Waals surface area contributed by atoms with Crippen molar-refractivity contribution in [1.29, 1.82) is 5.26 Å². The van der Waals surface area contributed by atoms with Gasteiger partial charge < -0.3 is 14.8 Å². The minimum absolute atomic E-state index is 0.527. The lowest BCUT2D eigenvalue weighted by Gasteiger charge is -2.13. The van der Waals surface area contributed by atoms with E-state index in [1.54, 1.807) is 26.4 Å². The van der Waals surface area contributed by atoms with E-state index in [4.69, 9.17) is 26.3 Å². The molecule has 0 fully saturated rings. The largest absolute Gasteiger partial charge is 0.495 e. The van der Waals surface area contributed by atoms with E-state index in [1.165, 1.54) is 0 Å². The second kappa shape index (κ2) is 6.87. The summed E-state index contributed by atoms with van der Waals surface area (Å²) in [6.07, 6.45) is 0. The number of nitrogens with zero attached hydrogens (tertiary/aromatic N) is 1. The van der Waals surface area contributed by atoms with Gasteiger partial charge in [-0.2, -0.15) is 5.26 Å². The van der Waals surface area contributed by atoms with Crippen LogP contribution in [0.25, 0.3) is 0 Å². The summed E-state index contributed by atoms with van der Waals surface area (Å²) in [6.45, 7) is 0.527. The SMILES string of the molecule is COc1ccc(CNc2c(C#N)cccc2OC)cc1Cl. The average Bonchev–Trinajstić information content (AvgIpc) is 2.52. The first kappa shape index (κ1) is 15.0. The number of benzene rings is 2. The van der Waals surface area contributed by atoms with E-state index in [-0.39, 0.29) is 0 Å². The Bertz CT molecular complexity index is 680. The highest BCUT2D eigenvalue weighted by Crippen LogP contribution is 2.29. The fraction of sp³-hybridized carbons (Fsp3) is 0.188. The van der Waals surface area contributed by atoms with Crippen molar-refractivity contribution in [3.63, 3.8) is 0 Å². The molecule has 0 aliphatic rings. The molecule has 0 saturated heterocycles. The molecule has 0 aliphatic carbocycles. The molecule has 0 heterocycles. The molecule has 5 heteroatoms. The summed E-state index contributed by atoms with van der Waals surface area (Å²) in [4.78, 5) is 0. The second-order valence-electron chi connectivity index (χ2n) is 4.32. The van der Waals surface area contributed by atoms with Gasteiger partial charge in [-0.3, -0.25) is 0 Å². The molecule has 0 saturated carbocycles. The summed E-state index contributed by atoms with van der Waals surface area (Å²) < 4.78 is 10.4. The number of ether oxygens (including phenoxy) is 2. The van der Waals surface area contributed by atoms with Gasteiger partial charge in [-0.25, -0.2) is 0 Å². The average molecular weight is 303 g/mol. The van der Waals surface area contributed by atoms with Crippen molar-refractivity contribution in [2.75, 3.05) is 19.5 Å². The van der Waals surface area contributed by atoms with Crippen LogP contribution in [-0.4, -0.2) is 14.2 Å². The Morgan fingerprint density at radius 3 is 2.52 bits per heavy atom. The molecular formula is C16H15ClN2O2. The van der Waals surface area contributed by atoms with E-state index in [0.29, 0.717) is 34.3 Å². The molecule has 0 spiro atoms. The Morgan fingerprint density at radius 2 is 1.90 bits per heavy atom. The van der Waals surface area contributed by atoms with Crippen LogP contribution in [0.4, 0.5) is 5.69 Å². The van der Waals surface area contributed by atoms with Gasteiger partial charge in [0.05, 0.1) is 30.5 Å². The predicted molar refractivity (Wildman–Crippen MR) is 83.0 cm³/mol. The molecule has 0 atom stereocenters. The number of hydrogen-bond acceptors (Lipinski definition) is 4. The van der Waals surface area contributed by atoms with Gasteiger partial charge in [0.25, 0.3) is 0 Å². The molecule has 0 aliphatic heterocycles. The minimum atomic E-state index is 0.527. The van der Waals surface area contributed by atoms with Gasteiger partial charge in [0.15, 0.2) is 0 Å². The van der Waals surface area contributed by atoms with E-state index < -0.39 is 0 Å². The molecule has 21 heavy (non-hydrogen) atoms. The lowest BCUT2D eigenvalue weighted by Crippen LogP contribution is -2.03. The molecule has 4 nitrogen and oxygen atoms in total. The van der Waals surface area contributed by atoms with Crippen LogP contribution in [0.1, 0.15) is 11.1 Å². The van der Waals surface area contributed by atoms with Crippen molar-refractivity contribution in [2.45, 2.75) is 6.54 Å². The van der Waals surface area contributed by atoms with Gasteiger partial charge >= 0.3 is 0 Å². The van der Waals surface area contributed by atoms with Crippen molar-refractivity contribution in [3.05, 3.63) is 52.5 Å². The third kappa shape index (κ3) is 3.39. The molecule has 2 aromatic rings. The fourth-order valence-electron chi connectivity index (χ4n) is 1.99. The van der Waals surface area contributed by atoms with Gasteiger partial charge in [-0.05, 0) is 29.8 Å². The molecule has 0 unspecified atom stereocenters. The zero-order chi connectivity index (χ0) is 15.2. The first-order valence-electron chi connectivity index (χ1n) is 6.33. The molecule has 108 valence electrons. The number of rotatable bonds is 5. The number of nitrogens with one attached hydrogen (secondary N) is 1. The van der Waals surface area contributed by atoms with Crippen LogP contribution >= 0.6 is 11.6 Å². The standard InChI is InChI=1S/C16H15ClN2O2/c1-20-14-7-6-11(8-13(14)17)10-19-16-12(9-18)4-3-5-15(16)21-2/h3-8,19H,10H2,1-2H3. The van der Waals surface area contributed by atoms with Crippen LogP contribution in [-0.2, 0) is 6.54 Å². The van der Waals surface area contributed by atoms with E-state index in [2.05, 4.69) is 11.4 Å². The monoisotopic (exact) mass is 302 g/mol. The van der Waals surface area contributed by atoms with Gasteiger partial charge in [0.2, 0.25) is 0 Å². The Kier molecular flexibility index (Phi) is 4.91. The van der Waals surface area contributed by atoms with Crippen LogP contribution in [0.3, 0.4) is 0 Å². The van der Waals surface area contributed by atoms with Crippen LogP contribution in [0, 0.1) is 11.3 Å². The molecule has 0 aromatic heterocycles. The Balaban J connectivity index is 2.20. The van der Waals surface area contributed by atoms with Gasteiger partial charge in [-0.15, -0.1) is 0 Å². The number of nitriles is 1. The molecule has 0 bridgehead atoms. The zero-order valence-corrected chi connectivity index (χ0v) is 12.6. The summed E-state index contributed by atoms with van der Waals surface area (Å²) in [5.41, 5.74) is 2.19. The first-order chi connectivity index (χ1) is 10.2. The van der Waals surface area contributed by atoms with Crippen molar-refractivity contribution in [2.24, 2.45) is 0 Å². The number of halogens is 1. The van der Waals surface area contributed by atoms with E-state index in [0.717, 1.165) is 5.56 Å². The Labute approximate surface area is 128 Å². The second-order valence-corrected chi connectivity index (χ2v) is 4.72. The quantitative estimate of drug-likeness (QED) is 0.911. The fourth-order valence-corrected chi connectivity index (χ4v) is 2.27. The first-order valence-corrected chi connectivity index (χ1v) is 6.70. The van der Waals surface area contributed by atoms with Crippen LogP contribution in [0.5, 0.6) is 11.5 Å². The lowest BCUT2D eigenvalue weighted by molar-refractivity contribution is 0.415. The smallest absolute Gasteiger partial charge is 0.143 e. The molecule has 2 rings (SSSR count). The predicted octanol–water partition coefficient (Wildman–Crippen LogP) is 3.84. The van der Waals surface area contributed by atoms with E-state index in [1.807, 2.05) is 24.3 Å². The summed E-state index contributed by atoms with van der Waals surface area (Å²) in [5, 5.41) is 12.9. The molecular weight excluding hydrogens is 288 g/mol. The number of hydrogen-bond donors (Lipinski definition) is 1. The van der Waals surface area contributed by atoms with Crippen molar-refractivity contribution < 1.29 is 9.47 Å². The van der Waals surface area contributed by atoms with Crippen LogP contribution < -0.4 is 14.8 Å². The van der Waals surface area contributed by atoms with Gasteiger partial charge in [-0.1, -0.05) is 23.7 Å². The third-order valence-electron chi connectivity index (χ3n) is 3.05. The van der Waals surface area contributed by atoms with Crippen molar-refractivity contribution in [1.82, 2.24) is 0 Å². The summed E-state index contributed by atoms with van der Waals surface area (Å²) in [7, 11) is 3.15. The third-order valence-corrected chi connectivity index (χ3v) is 3.35.